The molecule has 0 saturated heterocycles. The number of carbonyl (C=O) groups excluding carboxylic acids is 1. The normalized spacial score (nSPS) is 10.5. The largest absolute Gasteiger partial charge is 0.347 e. The third-order valence-electron chi connectivity index (χ3n) is 1.43. The van der Waals surface area contributed by atoms with Gasteiger partial charge in [-0.25, -0.2) is 0 Å². The molecule has 5 nitrogen and oxygen atoms in total. The first-order valence-corrected chi connectivity index (χ1v) is 3.97. The number of nitrogens with one attached hydrogen (secondary N) is 2. The molecule has 0 atom stereocenters. The SMILES string of the molecule is NC/C=C/CNC(=O)c1ccn[nH]1. The van der Waals surface area contributed by atoms with Crippen LogP contribution in [0.2, 0.25) is 0 Å². The monoisotopic (exact) mass is 180 g/mol. The van der Waals surface area contributed by atoms with Gasteiger partial charge >= 0.3 is 0 Å². The summed E-state index contributed by atoms with van der Waals surface area (Å²) in [7, 11) is 0. The van der Waals surface area contributed by atoms with Crippen molar-refractivity contribution >= 4 is 5.91 Å². The van der Waals surface area contributed by atoms with Crippen LogP contribution >= 0.6 is 0 Å². The Morgan fingerprint density at radius 3 is 3.15 bits per heavy atom. The number of hydrogen-bond donors (Lipinski definition) is 3. The zero-order valence-electron chi connectivity index (χ0n) is 7.16. The molecule has 0 aliphatic carbocycles. The number of rotatable bonds is 4. The Labute approximate surface area is 76.0 Å². The van der Waals surface area contributed by atoms with E-state index in [0.29, 0.717) is 18.8 Å². The zero-order valence-corrected chi connectivity index (χ0v) is 7.16. The highest BCUT2D eigenvalue weighted by atomic mass is 16.1. The van der Waals surface area contributed by atoms with E-state index in [2.05, 4.69) is 15.5 Å². The van der Waals surface area contributed by atoms with Crippen molar-refractivity contribution in [2.75, 3.05) is 13.1 Å². The lowest BCUT2D eigenvalue weighted by molar-refractivity contribution is 0.0953. The van der Waals surface area contributed by atoms with Crippen LogP contribution in [0, 0.1) is 0 Å². The van der Waals surface area contributed by atoms with Gasteiger partial charge in [0.25, 0.3) is 5.91 Å². The molecule has 0 bridgehead atoms. The summed E-state index contributed by atoms with van der Waals surface area (Å²) in [6.45, 7) is 0.967. The van der Waals surface area contributed by atoms with Gasteiger partial charge in [0.05, 0.1) is 0 Å². The molecule has 0 saturated carbocycles. The lowest BCUT2D eigenvalue weighted by atomic mass is 10.4. The third-order valence-corrected chi connectivity index (χ3v) is 1.43. The van der Waals surface area contributed by atoms with E-state index in [-0.39, 0.29) is 5.91 Å². The number of nitrogens with two attached hydrogens (primary N) is 1. The van der Waals surface area contributed by atoms with E-state index in [9.17, 15) is 4.79 Å². The summed E-state index contributed by atoms with van der Waals surface area (Å²) in [5.41, 5.74) is 5.68. The molecular formula is C8H12N4O. The Morgan fingerprint density at radius 2 is 2.54 bits per heavy atom. The minimum Gasteiger partial charge on any atom is -0.347 e. The van der Waals surface area contributed by atoms with E-state index in [0.717, 1.165) is 0 Å². The van der Waals surface area contributed by atoms with Crippen molar-refractivity contribution in [3.8, 4) is 0 Å². The molecular weight excluding hydrogens is 168 g/mol. The molecule has 13 heavy (non-hydrogen) atoms. The van der Waals surface area contributed by atoms with Crippen molar-refractivity contribution in [3.63, 3.8) is 0 Å². The number of H-pyrrole nitrogens is 1. The molecule has 0 aliphatic heterocycles. The van der Waals surface area contributed by atoms with Crippen LogP contribution in [-0.4, -0.2) is 29.2 Å². The second-order valence-corrected chi connectivity index (χ2v) is 2.39. The van der Waals surface area contributed by atoms with Gasteiger partial charge in [-0.15, -0.1) is 0 Å². The molecule has 0 spiro atoms. The average Bonchev–Trinajstić information content (AvgIpc) is 2.65. The van der Waals surface area contributed by atoms with Crippen LogP contribution in [0.15, 0.2) is 24.4 Å². The fourth-order valence-corrected chi connectivity index (χ4v) is 0.809. The topological polar surface area (TPSA) is 83.8 Å². The molecule has 0 aromatic carbocycles. The molecule has 5 heteroatoms. The molecule has 1 heterocycles. The van der Waals surface area contributed by atoms with Gasteiger partial charge in [-0.05, 0) is 6.07 Å². The highest BCUT2D eigenvalue weighted by molar-refractivity contribution is 5.92. The van der Waals surface area contributed by atoms with Crippen molar-refractivity contribution in [3.05, 3.63) is 30.1 Å². The van der Waals surface area contributed by atoms with Gasteiger partial charge in [0.1, 0.15) is 5.69 Å². The highest BCUT2D eigenvalue weighted by Gasteiger charge is 2.03. The van der Waals surface area contributed by atoms with Gasteiger partial charge in [-0.3, -0.25) is 9.89 Å². The minimum atomic E-state index is -0.167. The Morgan fingerprint density at radius 1 is 1.69 bits per heavy atom. The first kappa shape index (κ1) is 9.47. The summed E-state index contributed by atoms with van der Waals surface area (Å²) in [5, 5.41) is 8.90. The van der Waals surface area contributed by atoms with Crippen molar-refractivity contribution in [2.24, 2.45) is 5.73 Å². The van der Waals surface area contributed by atoms with Gasteiger partial charge in [-0.1, -0.05) is 12.2 Å². The predicted molar refractivity (Wildman–Crippen MR) is 49.1 cm³/mol. The van der Waals surface area contributed by atoms with Crippen LogP contribution in [0.5, 0.6) is 0 Å². The fourth-order valence-electron chi connectivity index (χ4n) is 0.809. The lowest BCUT2D eigenvalue weighted by Crippen LogP contribution is -2.23. The molecule has 4 N–H and O–H groups in total. The average molecular weight is 180 g/mol. The molecule has 70 valence electrons. The maximum atomic E-state index is 11.2. The van der Waals surface area contributed by atoms with E-state index in [1.54, 1.807) is 18.2 Å². The number of hydrogen-bond acceptors (Lipinski definition) is 3. The van der Waals surface area contributed by atoms with E-state index < -0.39 is 0 Å². The summed E-state index contributed by atoms with van der Waals surface area (Å²) >= 11 is 0. The Bertz CT molecular complexity index is 278. The van der Waals surface area contributed by atoms with E-state index in [1.165, 1.54) is 6.20 Å². The Hall–Kier alpha value is -1.62. The first-order chi connectivity index (χ1) is 6.34. The zero-order chi connectivity index (χ0) is 9.52. The van der Waals surface area contributed by atoms with Crippen LogP contribution in [0.4, 0.5) is 0 Å². The van der Waals surface area contributed by atoms with Gasteiger partial charge < -0.3 is 11.1 Å². The number of aromatic amines is 1. The van der Waals surface area contributed by atoms with Gasteiger partial charge in [0, 0.05) is 19.3 Å². The number of nitrogens with zero attached hydrogens (tertiary/aromatic N) is 1. The maximum absolute atomic E-state index is 11.2. The summed E-state index contributed by atoms with van der Waals surface area (Å²) in [4.78, 5) is 11.2. The van der Waals surface area contributed by atoms with Crippen molar-refractivity contribution < 1.29 is 4.79 Å². The highest BCUT2D eigenvalue weighted by Crippen LogP contribution is 1.89. The quantitative estimate of drug-likeness (QED) is 0.554. The second-order valence-electron chi connectivity index (χ2n) is 2.39. The summed E-state index contributed by atoms with van der Waals surface area (Å²) in [5.74, 6) is -0.167. The minimum absolute atomic E-state index is 0.167. The third kappa shape index (κ3) is 3.08. The number of amides is 1. The second kappa shape index (κ2) is 5.10. The molecule has 0 unspecified atom stereocenters. The summed E-state index contributed by atoms with van der Waals surface area (Å²) in [6, 6.07) is 1.61. The van der Waals surface area contributed by atoms with E-state index in [1.807, 2.05) is 0 Å². The fraction of sp³-hybridized carbons (Fsp3) is 0.250. The van der Waals surface area contributed by atoms with Crippen LogP contribution < -0.4 is 11.1 Å². The number of carbonyl (C=O) groups is 1. The van der Waals surface area contributed by atoms with Crippen LogP contribution in [-0.2, 0) is 0 Å². The van der Waals surface area contributed by atoms with Crippen LogP contribution in [0.1, 0.15) is 10.5 Å². The van der Waals surface area contributed by atoms with Gasteiger partial charge in [-0.2, -0.15) is 5.10 Å². The molecule has 0 fully saturated rings. The smallest absolute Gasteiger partial charge is 0.269 e. The molecule has 1 aromatic heterocycles. The molecule has 1 rings (SSSR count). The van der Waals surface area contributed by atoms with Gasteiger partial charge in [0.15, 0.2) is 0 Å². The molecule has 0 radical (unpaired) electrons. The molecule has 1 aromatic rings. The van der Waals surface area contributed by atoms with Crippen molar-refractivity contribution in [1.29, 1.82) is 0 Å². The van der Waals surface area contributed by atoms with E-state index >= 15 is 0 Å². The molecule has 1 amide bonds. The summed E-state index contributed by atoms with van der Waals surface area (Å²) < 4.78 is 0. The van der Waals surface area contributed by atoms with Crippen LogP contribution in [0.3, 0.4) is 0 Å². The van der Waals surface area contributed by atoms with Gasteiger partial charge in [0.2, 0.25) is 0 Å². The lowest BCUT2D eigenvalue weighted by Gasteiger charge is -1.97. The summed E-state index contributed by atoms with van der Waals surface area (Å²) in [6.07, 6.45) is 5.12. The standard InChI is InChI=1S/C8H12N4O/c9-4-1-2-5-10-8(13)7-3-6-11-12-7/h1-3,6H,4-5,9H2,(H,10,13)(H,11,12)/b2-1+. The maximum Gasteiger partial charge on any atom is 0.269 e. The van der Waals surface area contributed by atoms with E-state index in [4.69, 9.17) is 5.73 Å². The number of aromatic nitrogens is 2. The van der Waals surface area contributed by atoms with Crippen LogP contribution in [0.25, 0.3) is 0 Å². The Kier molecular flexibility index (Phi) is 3.72. The predicted octanol–water partition coefficient (Wildman–Crippen LogP) is -0.346. The van der Waals surface area contributed by atoms with Crippen molar-refractivity contribution in [2.45, 2.75) is 0 Å². The van der Waals surface area contributed by atoms with Crippen molar-refractivity contribution in [1.82, 2.24) is 15.5 Å². The molecule has 0 aliphatic rings. The first-order valence-electron chi connectivity index (χ1n) is 3.97. The Balaban J connectivity index is 2.31.